The second-order valence-corrected chi connectivity index (χ2v) is 11.7. The third-order valence-corrected chi connectivity index (χ3v) is 8.05. The number of halogens is 1. The zero-order valence-electron chi connectivity index (χ0n) is 21.2. The molecule has 0 amide bonds. The fourth-order valence-electron chi connectivity index (χ4n) is 4.06. The Morgan fingerprint density at radius 2 is 1.53 bits per heavy atom. The van der Waals surface area contributed by atoms with Crippen LogP contribution in [0.3, 0.4) is 0 Å². The number of carbonyl (C=O) groups is 1. The summed E-state index contributed by atoms with van der Waals surface area (Å²) in [7, 11) is -3.08. The minimum absolute atomic E-state index is 0.106. The Kier molecular flexibility index (Phi) is 8.52. The van der Waals surface area contributed by atoms with Crippen LogP contribution in [-0.2, 0) is 22.1 Å². The summed E-state index contributed by atoms with van der Waals surface area (Å²) in [5.74, 6) is -0.200. The molecule has 3 aromatic rings. The number of Topliss-reactive ketones (excluding diaryl/α,β-unsaturated/α-hetero) is 1. The first-order valence-corrected chi connectivity index (χ1v) is 13.1. The molecule has 0 fully saturated rings. The summed E-state index contributed by atoms with van der Waals surface area (Å²) in [6.07, 6.45) is 1.14. The molecule has 0 heterocycles. The van der Waals surface area contributed by atoms with Crippen molar-refractivity contribution < 1.29 is 33.0 Å². The molecular weight excluding hydrogens is 482 g/mol. The van der Waals surface area contributed by atoms with Gasteiger partial charge in [-0.2, -0.15) is 0 Å². The molecule has 0 aliphatic rings. The molecule has 6 nitrogen and oxygen atoms in total. The fourth-order valence-corrected chi connectivity index (χ4v) is 4.45. The van der Waals surface area contributed by atoms with Crippen LogP contribution < -0.4 is 4.74 Å². The lowest BCUT2D eigenvalue weighted by Crippen LogP contribution is -2.31. The van der Waals surface area contributed by atoms with Gasteiger partial charge in [-0.3, -0.25) is 9.36 Å². The number of hydrogen-bond acceptors (Lipinski definition) is 4. The van der Waals surface area contributed by atoms with Gasteiger partial charge in [-0.05, 0) is 97.8 Å². The van der Waals surface area contributed by atoms with Crippen LogP contribution in [0.4, 0.5) is 4.39 Å². The third-order valence-electron chi connectivity index (χ3n) is 6.39. The van der Waals surface area contributed by atoms with E-state index in [4.69, 9.17) is 9.47 Å². The van der Waals surface area contributed by atoms with Crippen molar-refractivity contribution in [2.75, 3.05) is 13.9 Å². The topological polar surface area (TPSA) is 93.1 Å². The molecule has 0 aliphatic carbocycles. The van der Waals surface area contributed by atoms with Crippen LogP contribution in [0.1, 0.15) is 57.6 Å². The third kappa shape index (κ3) is 6.29. The maximum absolute atomic E-state index is 13.4. The molecule has 36 heavy (non-hydrogen) atoms. The number of benzene rings is 3. The van der Waals surface area contributed by atoms with E-state index >= 15 is 0 Å². The van der Waals surface area contributed by atoms with E-state index in [-0.39, 0.29) is 18.2 Å². The highest BCUT2D eigenvalue weighted by Gasteiger charge is 2.45. The van der Waals surface area contributed by atoms with Crippen LogP contribution in [-0.4, -0.2) is 34.6 Å². The van der Waals surface area contributed by atoms with Crippen molar-refractivity contribution in [2.45, 2.75) is 45.7 Å². The molecule has 192 valence electrons. The van der Waals surface area contributed by atoms with E-state index in [0.717, 1.165) is 33.4 Å². The quantitative estimate of drug-likeness (QED) is 0.203. The van der Waals surface area contributed by atoms with E-state index in [1.165, 1.54) is 26.0 Å². The first-order chi connectivity index (χ1) is 16.8. The molecule has 0 saturated heterocycles. The molecule has 3 rings (SSSR count). The molecule has 0 atom stereocenters. The Balaban J connectivity index is 1.93. The molecule has 0 bridgehead atoms. The molecule has 3 aromatic carbocycles. The summed E-state index contributed by atoms with van der Waals surface area (Å²) < 4.78 is 36.0. The molecule has 0 spiro atoms. The summed E-state index contributed by atoms with van der Waals surface area (Å²) in [6, 6.07) is 15.6. The summed E-state index contributed by atoms with van der Waals surface area (Å²) in [6.45, 7) is 6.42. The van der Waals surface area contributed by atoms with Crippen molar-refractivity contribution in [1.82, 2.24) is 0 Å². The van der Waals surface area contributed by atoms with E-state index in [1.54, 1.807) is 31.4 Å². The molecular formula is C28H32FO6P. The van der Waals surface area contributed by atoms with Crippen molar-refractivity contribution in [1.29, 1.82) is 0 Å². The number of hydrogen-bond donors (Lipinski definition) is 2. The number of methoxy groups -OCH3 is 1. The molecule has 0 aliphatic heterocycles. The first-order valence-electron chi connectivity index (χ1n) is 11.5. The minimum Gasteiger partial charge on any atom is -0.467 e. The van der Waals surface area contributed by atoms with Crippen molar-refractivity contribution in [3.8, 4) is 5.75 Å². The van der Waals surface area contributed by atoms with Crippen LogP contribution in [0.25, 0.3) is 0 Å². The highest BCUT2D eigenvalue weighted by Crippen LogP contribution is 2.51. The zero-order valence-corrected chi connectivity index (χ0v) is 22.1. The molecule has 2 N–H and O–H groups in total. The Labute approximate surface area is 211 Å². The van der Waals surface area contributed by atoms with Crippen molar-refractivity contribution in [2.24, 2.45) is 0 Å². The summed E-state index contributed by atoms with van der Waals surface area (Å²) in [5.41, 5.74) is 5.93. The van der Waals surface area contributed by atoms with Crippen LogP contribution in [0.2, 0.25) is 0 Å². The highest BCUT2D eigenvalue weighted by molar-refractivity contribution is 7.54. The molecule has 0 aromatic heterocycles. The number of ether oxygens (including phenoxy) is 2. The monoisotopic (exact) mass is 514 g/mol. The number of ketones is 1. The smallest absolute Gasteiger partial charge is 0.338 e. The second-order valence-electron chi connectivity index (χ2n) is 9.49. The number of carbonyl (C=O) groups excluding carboxylic acids is 1. The van der Waals surface area contributed by atoms with Gasteiger partial charge in [-0.15, -0.1) is 0 Å². The Hall–Kier alpha value is -2.83. The first kappa shape index (κ1) is 27.8. The molecule has 0 radical (unpaired) electrons. The average molecular weight is 515 g/mol. The maximum Gasteiger partial charge on any atom is 0.338 e. The highest BCUT2D eigenvalue weighted by atomic mass is 31.2. The van der Waals surface area contributed by atoms with Gasteiger partial charge in [0.25, 0.3) is 0 Å². The van der Waals surface area contributed by atoms with Gasteiger partial charge in [0.2, 0.25) is 0 Å². The minimum atomic E-state index is -4.63. The van der Waals surface area contributed by atoms with Gasteiger partial charge in [0.1, 0.15) is 16.7 Å². The van der Waals surface area contributed by atoms with Crippen molar-refractivity contribution >= 4 is 13.4 Å². The second kappa shape index (κ2) is 11.1. The predicted molar refractivity (Wildman–Crippen MR) is 137 cm³/mol. The van der Waals surface area contributed by atoms with Gasteiger partial charge < -0.3 is 19.3 Å². The van der Waals surface area contributed by atoms with Gasteiger partial charge in [0.15, 0.2) is 12.6 Å². The Morgan fingerprint density at radius 1 is 0.944 bits per heavy atom. The molecule has 8 heteroatoms. The maximum atomic E-state index is 13.4. The largest absolute Gasteiger partial charge is 0.467 e. The molecule has 0 saturated carbocycles. The van der Waals surface area contributed by atoms with Crippen LogP contribution in [0.15, 0.2) is 54.6 Å². The standard InChI is InChI=1S/C28H32FO6P/c1-18-12-23(27(30)28(3,4)36(31,32)33)13-19(2)25(18)16-21-8-11-26(35-17-34-5)22(15-21)14-20-6-9-24(29)10-7-20/h6-13,15H,14,16-17H2,1-5H3,(H2,31,32,33). The van der Waals surface area contributed by atoms with Crippen LogP contribution >= 0.6 is 7.60 Å². The van der Waals surface area contributed by atoms with Crippen LogP contribution in [0.5, 0.6) is 5.75 Å². The normalized spacial score (nSPS) is 12.0. The summed E-state index contributed by atoms with van der Waals surface area (Å²) >= 11 is 0. The van der Waals surface area contributed by atoms with Gasteiger partial charge in [-0.1, -0.05) is 24.3 Å². The van der Waals surface area contributed by atoms with E-state index in [1.807, 2.05) is 32.0 Å². The van der Waals surface area contributed by atoms with Crippen molar-refractivity contribution in [3.63, 3.8) is 0 Å². The van der Waals surface area contributed by atoms with E-state index in [9.17, 15) is 23.5 Å². The van der Waals surface area contributed by atoms with Gasteiger partial charge in [0, 0.05) is 19.1 Å². The van der Waals surface area contributed by atoms with Gasteiger partial charge >= 0.3 is 7.60 Å². The Bertz CT molecular complexity index is 1270. The summed E-state index contributed by atoms with van der Waals surface area (Å²) in [5, 5.41) is -1.80. The van der Waals surface area contributed by atoms with Crippen molar-refractivity contribution in [3.05, 3.63) is 99.4 Å². The lowest BCUT2D eigenvalue weighted by Gasteiger charge is -2.25. The van der Waals surface area contributed by atoms with E-state index in [0.29, 0.717) is 18.6 Å². The predicted octanol–water partition coefficient (Wildman–Crippen LogP) is 5.75. The number of rotatable bonds is 10. The van der Waals surface area contributed by atoms with E-state index < -0.39 is 18.5 Å². The zero-order chi connectivity index (χ0) is 26.7. The lowest BCUT2D eigenvalue weighted by atomic mass is 9.90. The van der Waals surface area contributed by atoms with E-state index in [2.05, 4.69) is 0 Å². The number of aryl methyl sites for hydroxylation is 2. The molecule has 0 unspecified atom stereocenters. The lowest BCUT2D eigenvalue weighted by molar-refractivity contribution is 0.0505. The summed E-state index contributed by atoms with van der Waals surface area (Å²) in [4.78, 5) is 32.2. The van der Waals surface area contributed by atoms with Gasteiger partial charge in [-0.25, -0.2) is 4.39 Å². The SMILES string of the molecule is COCOc1ccc(Cc2c(C)cc(C(=O)C(C)(C)P(=O)(O)O)cc2C)cc1Cc1ccc(F)cc1. The van der Waals surface area contributed by atoms with Crippen LogP contribution in [0, 0.1) is 19.7 Å². The average Bonchev–Trinajstić information content (AvgIpc) is 2.81. The van der Waals surface area contributed by atoms with Gasteiger partial charge in [0.05, 0.1) is 0 Å². The Morgan fingerprint density at radius 3 is 2.08 bits per heavy atom. The fraction of sp³-hybridized carbons (Fsp3) is 0.321.